The van der Waals surface area contributed by atoms with Gasteiger partial charge in [-0.1, -0.05) is 0 Å². The van der Waals surface area contributed by atoms with Crippen LogP contribution in [0.3, 0.4) is 0 Å². The van der Waals surface area contributed by atoms with Gasteiger partial charge in [0.25, 0.3) is 5.91 Å². The average molecular weight is 262 g/mol. The summed E-state index contributed by atoms with van der Waals surface area (Å²) < 4.78 is 6.02. The molecule has 1 saturated heterocycles. The zero-order chi connectivity index (χ0) is 14.1. The van der Waals surface area contributed by atoms with Crippen molar-refractivity contribution in [1.29, 1.82) is 0 Å². The van der Waals surface area contributed by atoms with E-state index in [2.05, 4.69) is 38.0 Å². The number of carbonyl (C=O) groups is 1. The molecule has 1 N–H and O–H groups in total. The number of carbonyl (C=O) groups excluding carboxylic acids is 1. The lowest BCUT2D eigenvalue weighted by Gasteiger charge is -2.45. The lowest BCUT2D eigenvalue weighted by atomic mass is 9.85. The van der Waals surface area contributed by atoms with Crippen LogP contribution >= 0.6 is 0 Å². The fourth-order valence-electron chi connectivity index (χ4n) is 2.96. The highest BCUT2D eigenvalue weighted by molar-refractivity contribution is 5.94. The molecule has 1 aromatic rings. The molecule has 1 amide bonds. The fraction of sp³-hybridized carbons (Fsp3) is 0.600. The van der Waals surface area contributed by atoms with Gasteiger partial charge in [0.1, 0.15) is 0 Å². The van der Waals surface area contributed by atoms with Crippen molar-refractivity contribution >= 4 is 5.91 Å². The van der Waals surface area contributed by atoms with Crippen LogP contribution in [-0.2, 0) is 4.74 Å². The summed E-state index contributed by atoms with van der Waals surface area (Å²) >= 11 is 0. The molecule has 1 fully saturated rings. The quantitative estimate of drug-likeness (QED) is 0.891. The van der Waals surface area contributed by atoms with Crippen molar-refractivity contribution in [1.82, 2.24) is 10.3 Å². The molecule has 1 aromatic heterocycles. The van der Waals surface area contributed by atoms with Crippen LogP contribution in [0.15, 0.2) is 24.5 Å². The van der Waals surface area contributed by atoms with Gasteiger partial charge in [0.05, 0.1) is 16.8 Å². The third-order valence-electron chi connectivity index (χ3n) is 3.29. The van der Waals surface area contributed by atoms with E-state index in [0.29, 0.717) is 5.56 Å². The predicted octanol–water partition coefficient (Wildman–Crippen LogP) is 2.55. The molecule has 19 heavy (non-hydrogen) atoms. The molecule has 0 unspecified atom stereocenters. The minimum Gasteiger partial charge on any atom is -0.370 e. The Kier molecular flexibility index (Phi) is 3.63. The Morgan fingerprint density at radius 3 is 2.47 bits per heavy atom. The first-order valence-electron chi connectivity index (χ1n) is 6.69. The summed E-state index contributed by atoms with van der Waals surface area (Å²) in [6, 6.07) is 3.68. The molecule has 0 spiro atoms. The van der Waals surface area contributed by atoms with Crippen LogP contribution in [0.4, 0.5) is 0 Å². The van der Waals surface area contributed by atoms with Gasteiger partial charge >= 0.3 is 0 Å². The summed E-state index contributed by atoms with van der Waals surface area (Å²) in [5.41, 5.74) is 0.174. The Bertz CT molecular complexity index is 438. The smallest absolute Gasteiger partial charge is 0.253 e. The molecule has 4 heteroatoms. The first kappa shape index (κ1) is 14.0. The molecule has 4 nitrogen and oxygen atoms in total. The molecule has 0 aromatic carbocycles. The third-order valence-corrected chi connectivity index (χ3v) is 3.29. The average Bonchev–Trinajstić information content (AvgIpc) is 2.25. The number of rotatable bonds is 2. The number of pyridine rings is 1. The van der Waals surface area contributed by atoms with Crippen LogP contribution in [0.2, 0.25) is 0 Å². The van der Waals surface area contributed by atoms with Gasteiger partial charge in [-0.2, -0.15) is 0 Å². The third kappa shape index (κ3) is 3.77. The largest absolute Gasteiger partial charge is 0.370 e. The fourth-order valence-corrected chi connectivity index (χ4v) is 2.96. The molecule has 104 valence electrons. The summed E-state index contributed by atoms with van der Waals surface area (Å²) in [5, 5.41) is 3.09. The first-order chi connectivity index (χ1) is 8.77. The Balaban J connectivity index is 2.05. The molecule has 0 bridgehead atoms. The zero-order valence-electron chi connectivity index (χ0n) is 12.1. The maximum atomic E-state index is 12.1. The summed E-state index contributed by atoms with van der Waals surface area (Å²) in [5.74, 6) is -0.0633. The van der Waals surface area contributed by atoms with Crippen molar-refractivity contribution in [3.8, 4) is 0 Å². The van der Waals surface area contributed by atoms with Gasteiger partial charge in [-0.3, -0.25) is 9.78 Å². The van der Waals surface area contributed by atoms with Gasteiger partial charge in [0.2, 0.25) is 0 Å². The molecule has 0 saturated carbocycles. The molecular formula is C15H22N2O2. The Morgan fingerprint density at radius 2 is 1.95 bits per heavy atom. The molecule has 0 atom stereocenters. The van der Waals surface area contributed by atoms with E-state index >= 15 is 0 Å². The summed E-state index contributed by atoms with van der Waals surface area (Å²) in [6.45, 7) is 8.27. The van der Waals surface area contributed by atoms with Crippen molar-refractivity contribution < 1.29 is 9.53 Å². The lowest BCUT2D eigenvalue weighted by molar-refractivity contribution is -0.162. The minimum absolute atomic E-state index is 0.0633. The predicted molar refractivity (Wildman–Crippen MR) is 74.0 cm³/mol. The van der Waals surface area contributed by atoms with Crippen LogP contribution in [0, 0.1) is 0 Å². The van der Waals surface area contributed by atoms with Gasteiger partial charge < -0.3 is 10.1 Å². The highest BCUT2D eigenvalue weighted by Crippen LogP contribution is 2.34. The SMILES string of the molecule is CC1(C)CC(NC(=O)c2cccnc2)CC(C)(C)O1. The molecule has 0 aliphatic carbocycles. The van der Waals surface area contributed by atoms with E-state index in [1.54, 1.807) is 24.5 Å². The lowest BCUT2D eigenvalue weighted by Crippen LogP contribution is -2.53. The summed E-state index contributed by atoms with van der Waals surface area (Å²) in [7, 11) is 0. The number of nitrogens with zero attached hydrogens (tertiary/aromatic N) is 1. The van der Waals surface area contributed by atoms with Crippen LogP contribution < -0.4 is 5.32 Å². The molecule has 2 rings (SSSR count). The van der Waals surface area contributed by atoms with E-state index in [-0.39, 0.29) is 23.2 Å². The topological polar surface area (TPSA) is 51.2 Å². The summed E-state index contributed by atoms with van der Waals surface area (Å²) in [6.07, 6.45) is 4.90. The summed E-state index contributed by atoms with van der Waals surface area (Å²) in [4.78, 5) is 16.1. The van der Waals surface area contributed by atoms with E-state index in [1.165, 1.54) is 0 Å². The van der Waals surface area contributed by atoms with Gasteiger partial charge in [0, 0.05) is 18.4 Å². The number of ether oxygens (including phenoxy) is 1. The number of aromatic nitrogens is 1. The van der Waals surface area contributed by atoms with Crippen LogP contribution in [0.5, 0.6) is 0 Å². The highest BCUT2D eigenvalue weighted by Gasteiger charge is 2.39. The van der Waals surface area contributed by atoms with Crippen molar-refractivity contribution in [3.05, 3.63) is 30.1 Å². The maximum absolute atomic E-state index is 12.1. The van der Waals surface area contributed by atoms with Crippen LogP contribution in [-0.4, -0.2) is 28.1 Å². The number of nitrogens with one attached hydrogen (secondary N) is 1. The molecule has 1 aliphatic heterocycles. The number of hydrogen-bond acceptors (Lipinski definition) is 3. The monoisotopic (exact) mass is 262 g/mol. The second kappa shape index (κ2) is 4.93. The van der Waals surface area contributed by atoms with Crippen LogP contribution in [0.1, 0.15) is 50.9 Å². The van der Waals surface area contributed by atoms with Gasteiger partial charge in [-0.15, -0.1) is 0 Å². The van der Waals surface area contributed by atoms with E-state index in [0.717, 1.165) is 12.8 Å². The number of amides is 1. The van der Waals surface area contributed by atoms with Crippen molar-refractivity contribution in [2.45, 2.75) is 57.8 Å². The normalized spacial score (nSPS) is 21.9. The highest BCUT2D eigenvalue weighted by atomic mass is 16.5. The van der Waals surface area contributed by atoms with Gasteiger partial charge in [-0.25, -0.2) is 0 Å². The molecule has 1 aliphatic rings. The Hall–Kier alpha value is -1.42. The number of hydrogen-bond donors (Lipinski definition) is 1. The Labute approximate surface area is 114 Å². The van der Waals surface area contributed by atoms with E-state index in [1.807, 2.05) is 0 Å². The van der Waals surface area contributed by atoms with Gasteiger partial charge in [-0.05, 0) is 52.7 Å². The zero-order valence-corrected chi connectivity index (χ0v) is 12.1. The molecular weight excluding hydrogens is 240 g/mol. The van der Waals surface area contributed by atoms with E-state index in [4.69, 9.17) is 4.74 Å². The van der Waals surface area contributed by atoms with Crippen molar-refractivity contribution in [3.63, 3.8) is 0 Å². The second-order valence-electron chi connectivity index (χ2n) is 6.44. The molecule has 2 heterocycles. The van der Waals surface area contributed by atoms with Crippen molar-refractivity contribution in [2.24, 2.45) is 0 Å². The van der Waals surface area contributed by atoms with E-state index in [9.17, 15) is 4.79 Å². The van der Waals surface area contributed by atoms with Crippen molar-refractivity contribution in [2.75, 3.05) is 0 Å². The standard InChI is InChI=1S/C15H22N2O2/c1-14(2)8-12(9-15(3,4)19-14)17-13(18)11-6-5-7-16-10-11/h5-7,10,12H,8-9H2,1-4H3,(H,17,18). The Morgan fingerprint density at radius 1 is 1.32 bits per heavy atom. The maximum Gasteiger partial charge on any atom is 0.253 e. The molecule has 0 radical (unpaired) electrons. The van der Waals surface area contributed by atoms with Crippen LogP contribution in [0.25, 0.3) is 0 Å². The van der Waals surface area contributed by atoms with E-state index < -0.39 is 0 Å². The van der Waals surface area contributed by atoms with Gasteiger partial charge in [0.15, 0.2) is 0 Å². The second-order valence-corrected chi connectivity index (χ2v) is 6.44. The minimum atomic E-state index is -0.214. The first-order valence-corrected chi connectivity index (χ1v) is 6.69.